The van der Waals surface area contributed by atoms with Gasteiger partial charge in [-0.25, -0.2) is 0 Å². The Morgan fingerprint density at radius 2 is 1.93 bits per heavy atom. The van der Waals surface area contributed by atoms with E-state index in [2.05, 4.69) is 52.8 Å². The Morgan fingerprint density at radius 1 is 1.10 bits per heavy atom. The highest BCUT2D eigenvalue weighted by atomic mass is 16.5. The van der Waals surface area contributed by atoms with Gasteiger partial charge < -0.3 is 14.6 Å². The Bertz CT molecular complexity index is 842. The molecule has 2 aliphatic heterocycles. The van der Waals surface area contributed by atoms with Gasteiger partial charge in [0.2, 0.25) is 0 Å². The van der Waals surface area contributed by atoms with Gasteiger partial charge in [-0.3, -0.25) is 9.80 Å². The van der Waals surface area contributed by atoms with E-state index in [1.807, 2.05) is 12.1 Å². The van der Waals surface area contributed by atoms with Gasteiger partial charge in [0.1, 0.15) is 6.61 Å². The van der Waals surface area contributed by atoms with E-state index in [1.54, 1.807) is 13.2 Å². The van der Waals surface area contributed by atoms with Gasteiger partial charge >= 0.3 is 0 Å². The number of methoxy groups -OCH3 is 1. The molecule has 4 rings (SSSR count). The molecule has 0 aromatic heterocycles. The third-order valence-electron chi connectivity index (χ3n) is 6.23. The molecule has 5 heteroatoms. The molecule has 2 saturated heterocycles. The largest absolute Gasteiger partial charge is 0.493 e. The third-order valence-corrected chi connectivity index (χ3v) is 6.23. The Hall–Kier alpha value is -2.34. The van der Waals surface area contributed by atoms with Crippen LogP contribution in [0.1, 0.15) is 17.5 Å². The summed E-state index contributed by atoms with van der Waals surface area (Å²) in [5, 5.41) is 10.2. The number of hydrogen-bond acceptors (Lipinski definition) is 5. The fraction of sp³-hybridized carbons (Fsp3) is 0.440. The van der Waals surface area contributed by atoms with Crippen molar-refractivity contribution in [1.29, 1.82) is 0 Å². The number of para-hydroxylation sites is 1. The van der Waals surface area contributed by atoms with Gasteiger partial charge in [0.25, 0.3) is 0 Å². The van der Waals surface area contributed by atoms with Crippen molar-refractivity contribution in [3.05, 3.63) is 72.3 Å². The monoisotopic (exact) mass is 408 g/mol. The van der Waals surface area contributed by atoms with Crippen LogP contribution in [-0.2, 0) is 13.0 Å². The number of aliphatic hydroxyl groups excluding tert-OH is 1. The Balaban J connectivity index is 1.58. The van der Waals surface area contributed by atoms with E-state index in [-0.39, 0.29) is 6.10 Å². The minimum absolute atomic E-state index is 0.212. The van der Waals surface area contributed by atoms with Gasteiger partial charge in [0.15, 0.2) is 11.5 Å². The lowest BCUT2D eigenvalue weighted by Gasteiger charge is -2.44. The summed E-state index contributed by atoms with van der Waals surface area (Å²) in [6.07, 6.45) is 3.39. The Kier molecular flexibility index (Phi) is 6.72. The molecule has 0 amide bonds. The van der Waals surface area contributed by atoms with E-state index in [0.717, 1.165) is 56.1 Å². The fourth-order valence-electron chi connectivity index (χ4n) is 4.82. The summed E-state index contributed by atoms with van der Waals surface area (Å²) < 4.78 is 11.5. The Labute approximate surface area is 179 Å². The quantitative estimate of drug-likeness (QED) is 0.680. The Morgan fingerprint density at radius 3 is 2.70 bits per heavy atom. The smallest absolute Gasteiger partial charge is 0.166 e. The first kappa shape index (κ1) is 20.9. The zero-order chi connectivity index (χ0) is 20.9. The molecule has 0 spiro atoms. The number of aliphatic hydroxyl groups is 1. The van der Waals surface area contributed by atoms with Crippen molar-refractivity contribution in [3.8, 4) is 11.5 Å². The molecule has 0 saturated carbocycles. The summed E-state index contributed by atoms with van der Waals surface area (Å²) >= 11 is 0. The summed E-state index contributed by atoms with van der Waals surface area (Å²) in [5.41, 5.74) is 2.47. The molecule has 0 bridgehead atoms. The molecular weight excluding hydrogens is 376 g/mol. The summed E-state index contributed by atoms with van der Waals surface area (Å²) in [6.45, 7) is 7.73. The average molecular weight is 409 g/mol. The van der Waals surface area contributed by atoms with Crippen molar-refractivity contribution >= 4 is 0 Å². The summed E-state index contributed by atoms with van der Waals surface area (Å²) in [7, 11) is 1.68. The number of ether oxygens (including phenoxy) is 2. The topological polar surface area (TPSA) is 45.2 Å². The number of benzene rings is 2. The van der Waals surface area contributed by atoms with Crippen LogP contribution in [0, 0.1) is 0 Å². The molecule has 2 heterocycles. The fourth-order valence-corrected chi connectivity index (χ4v) is 4.82. The van der Waals surface area contributed by atoms with Crippen LogP contribution in [0.4, 0.5) is 0 Å². The van der Waals surface area contributed by atoms with Crippen molar-refractivity contribution in [2.45, 2.75) is 37.6 Å². The molecule has 160 valence electrons. The van der Waals surface area contributed by atoms with Crippen LogP contribution in [0.2, 0.25) is 0 Å². The predicted molar refractivity (Wildman–Crippen MR) is 119 cm³/mol. The second kappa shape index (κ2) is 9.65. The predicted octanol–water partition coefficient (Wildman–Crippen LogP) is 3.12. The molecule has 2 aromatic rings. The normalized spacial score (nSPS) is 24.4. The maximum Gasteiger partial charge on any atom is 0.166 e. The van der Waals surface area contributed by atoms with Crippen LogP contribution >= 0.6 is 0 Å². The highest BCUT2D eigenvalue weighted by molar-refractivity contribution is 5.46. The van der Waals surface area contributed by atoms with Gasteiger partial charge in [0, 0.05) is 43.8 Å². The molecule has 0 unspecified atom stereocenters. The molecule has 0 radical (unpaired) electrons. The number of rotatable bonds is 8. The summed E-state index contributed by atoms with van der Waals surface area (Å²) in [6, 6.07) is 17.6. The lowest BCUT2D eigenvalue weighted by Crippen LogP contribution is -2.56. The maximum absolute atomic E-state index is 10.2. The summed E-state index contributed by atoms with van der Waals surface area (Å²) in [4.78, 5) is 5.03. The minimum atomic E-state index is -0.212. The molecule has 30 heavy (non-hydrogen) atoms. The summed E-state index contributed by atoms with van der Waals surface area (Å²) in [5.74, 6) is 1.55. The standard InChI is InChI=1S/C25H32N2O3/c1-3-12-30-25-20(10-7-11-24(25)29-2)15-26-17-22-14-23(28)18-27(22)16-21(26)13-19-8-5-4-6-9-19/h3-11,21-23,28H,1,12-18H2,2H3/t21-,22-,23+/m0/s1. The van der Waals surface area contributed by atoms with Crippen molar-refractivity contribution < 1.29 is 14.6 Å². The van der Waals surface area contributed by atoms with Gasteiger partial charge in [-0.05, 0) is 24.5 Å². The van der Waals surface area contributed by atoms with Crippen molar-refractivity contribution in [2.24, 2.45) is 0 Å². The van der Waals surface area contributed by atoms with Crippen molar-refractivity contribution in [3.63, 3.8) is 0 Å². The molecule has 2 aliphatic rings. The lowest BCUT2D eigenvalue weighted by atomic mass is 9.98. The first-order chi connectivity index (χ1) is 14.7. The first-order valence-electron chi connectivity index (χ1n) is 10.8. The van der Waals surface area contributed by atoms with Gasteiger partial charge in [0.05, 0.1) is 13.2 Å². The van der Waals surface area contributed by atoms with Crippen molar-refractivity contribution in [1.82, 2.24) is 9.80 Å². The molecule has 2 fully saturated rings. The molecular formula is C25H32N2O3. The molecule has 5 nitrogen and oxygen atoms in total. The van der Waals surface area contributed by atoms with Gasteiger partial charge in [-0.15, -0.1) is 0 Å². The van der Waals surface area contributed by atoms with Crippen LogP contribution in [0.15, 0.2) is 61.2 Å². The first-order valence-corrected chi connectivity index (χ1v) is 10.8. The zero-order valence-corrected chi connectivity index (χ0v) is 17.7. The van der Waals surface area contributed by atoms with E-state index in [9.17, 15) is 5.11 Å². The van der Waals surface area contributed by atoms with Crippen LogP contribution in [0.3, 0.4) is 0 Å². The van der Waals surface area contributed by atoms with E-state index in [1.165, 1.54) is 5.56 Å². The number of fused-ring (bicyclic) bond motifs is 1. The van der Waals surface area contributed by atoms with Crippen LogP contribution in [0.5, 0.6) is 11.5 Å². The van der Waals surface area contributed by atoms with Gasteiger partial charge in [-0.1, -0.05) is 55.1 Å². The highest BCUT2D eigenvalue weighted by Gasteiger charge is 2.39. The second-order valence-corrected chi connectivity index (χ2v) is 8.32. The molecule has 1 N–H and O–H groups in total. The maximum atomic E-state index is 10.2. The van der Waals surface area contributed by atoms with Crippen LogP contribution < -0.4 is 9.47 Å². The SMILES string of the molecule is C=CCOc1c(CN2C[C@@H]3C[C@@H](O)CN3C[C@@H]2Cc2ccccc2)cccc1OC. The third kappa shape index (κ3) is 4.69. The van der Waals surface area contributed by atoms with E-state index in [4.69, 9.17) is 9.47 Å². The van der Waals surface area contributed by atoms with Crippen LogP contribution in [-0.4, -0.2) is 66.4 Å². The van der Waals surface area contributed by atoms with E-state index >= 15 is 0 Å². The number of hydrogen-bond donors (Lipinski definition) is 1. The molecule has 3 atom stereocenters. The van der Waals surface area contributed by atoms with Crippen LogP contribution in [0.25, 0.3) is 0 Å². The van der Waals surface area contributed by atoms with E-state index < -0.39 is 0 Å². The lowest BCUT2D eigenvalue weighted by molar-refractivity contribution is 0.0439. The number of piperazine rings is 1. The zero-order valence-electron chi connectivity index (χ0n) is 17.7. The molecule has 0 aliphatic carbocycles. The minimum Gasteiger partial charge on any atom is -0.493 e. The average Bonchev–Trinajstić information content (AvgIpc) is 3.12. The van der Waals surface area contributed by atoms with Gasteiger partial charge in [-0.2, -0.15) is 0 Å². The highest BCUT2D eigenvalue weighted by Crippen LogP contribution is 2.34. The molecule has 2 aromatic carbocycles. The van der Waals surface area contributed by atoms with E-state index in [0.29, 0.717) is 18.7 Å². The number of nitrogens with zero attached hydrogens (tertiary/aromatic N) is 2. The second-order valence-electron chi connectivity index (χ2n) is 8.32. The van der Waals surface area contributed by atoms with Crippen molar-refractivity contribution in [2.75, 3.05) is 33.4 Å².